The van der Waals surface area contributed by atoms with Crippen LogP contribution in [0.1, 0.15) is 50.1 Å². The summed E-state index contributed by atoms with van der Waals surface area (Å²) in [6.45, 7) is 6.09. The quantitative estimate of drug-likeness (QED) is 0.826. The molecule has 0 aliphatic rings. The third kappa shape index (κ3) is 5.34. The van der Waals surface area contributed by atoms with E-state index < -0.39 is 18.1 Å². The van der Waals surface area contributed by atoms with Crippen molar-refractivity contribution in [2.75, 3.05) is 0 Å². The number of carbonyl (C=O) groups excluding carboxylic acids is 1. The lowest BCUT2D eigenvalue weighted by atomic mass is 9.87. The second kappa shape index (κ2) is 8.03. The zero-order chi connectivity index (χ0) is 19.3. The number of benzene rings is 1. The molecule has 0 saturated heterocycles. The molecule has 26 heavy (non-hydrogen) atoms. The molecule has 7 heteroatoms. The Bertz CT molecular complexity index is 763. The van der Waals surface area contributed by atoms with Gasteiger partial charge in [0.05, 0.1) is 18.2 Å². The molecule has 0 bridgehead atoms. The minimum Gasteiger partial charge on any atom is -0.481 e. The fraction of sp³-hybridized carbons (Fsp3) is 0.421. The molecule has 2 aromatic rings. The number of carbonyl (C=O) groups is 2. The summed E-state index contributed by atoms with van der Waals surface area (Å²) in [6, 6.07) is 8.56. The first-order valence-corrected chi connectivity index (χ1v) is 8.40. The zero-order valence-corrected chi connectivity index (χ0v) is 15.5. The second-order valence-corrected chi connectivity index (χ2v) is 7.21. The highest BCUT2D eigenvalue weighted by Gasteiger charge is 2.29. The smallest absolute Gasteiger partial charge is 0.407 e. The van der Waals surface area contributed by atoms with E-state index in [1.54, 1.807) is 17.9 Å². The molecule has 1 heterocycles. The van der Waals surface area contributed by atoms with Crippen LogP contribution in [0.15, 0.2) is 36.5 Å². The van der Waals surface area contributed by atoms with E-state index in [9.17, 15) is 14.7 Å². The number of hydrogen-bond acceptors (Lipinski definition) is 4. The Hall–Kier alpha value is -2.83. The Balaban J connectivity index is 2.15. The molecular formula is C19H25N3O4. The van der Waals surface area contributed by atoms with Crippen LogP contribution in [0.4, 0.5) is 4.79 Å². The highest BCUT2D eigenvalue weighted by atomic mass is 16.5. The summed E-state index contributed by atoms with van der Waals surface area (Å²) in [5.41, 5.74) is 1.99. The second-order valence-electron chi connectivity index (χ2n) is 7.21. The van der Waals surface area contributed by atoms with E-state index in [-0.39, 0.29) is 18.4 Å². The number of amides is 1. The van der Waals surface area contributed by atoms with Crippen LogP contribution in [0.3, 0.4) is 0 Å². The molecule has 1 amide bonds. The van der Waals surface area contributed by atoms with Crippen molar-refractivity contribution >= 4 is 12.1 Å². The summed E-state index contributed by atoms with van der Waals surface area (Å²) in [4.78, 5) is 23.5. The van der Waals surface area contributed by atoms with Gasteiger partial charge in [0.15, 0.2) is 0 Å². The first-order valence-electron chi connectivity index (χ1n) is 8.40. The number of nitrogens with zero attached hydrogens (tertiary/aromatic N) is 2. The van der Waals surface area contributed by atoms with Gasteiger partial charge in [-0.3, -0.25) is 9.48 Å². The standard InChI is InChI=1S/C19H25N3O4/c1-19(2,3)17-14(11-22(4)21-17)15(10-16(23)24)20-18(25)26-12-13-8-6-5-7-9-13/h5-9,11,15H,10,12H2,1-4H3,(H,20,25)(H,23,24)/t15-/m0/s1. The molecule has 1 aromatic heterocycles. The number of ether oxygens (including phenoxy) is 1. The summed E-state index contributed by atoms with van der Waals surface area (Å²) in [5, 5.41) is 16.4. The van der Waals surface area contributed by atoms with Crippen LogP contribution in [0.2, 0.25) is 0 Å². The fourth-order valence-corrected chi connectivity index (χ4v) is 2.67. The van der Waals surface area contributed by atoms with Gasteiger partial charge in [-0.2, -0.15) is 5.10 Å². The van der Waals surface area contributed by atoms with Gasteiger partial charge in [0, 0.05) is 24.2 Å². The summed E-state index contributed by atoms with van der Waals surface area (Å²) in [7, 11) is 1.77. The number of nitrogens with one attached hydrogen (secondary N) is 1. The van der Waals surface area contributed by atoms with Crippen LogP contribution in [0, 0.1) is 0 Å². The van der Waals surface area contributed by atoms with Crippen molar-refractivity contribution in [3.8, 4) is 0 Å². The van der Waals surface area contributed by atoms with Crippen molar-refractivity contribution in [3.05, 3.63) is 53.3 Å². The van der Waals surface area contributed by atoms with Crippen molar-refractivity contribution in [2.45, 2.75) is 45.3 Å². The van der Waals surface area contributed by atoms with Crippen molar-refractivity contribution in [2.24, 2.45) is 7.05 Å². The van der Waals surface area contributed by atoms with E-state index in [1.807, 2.05) is 51.1 Å². The molecular weight excluding hydrogens is 334 g/mol. The molecule has 0 radical (unpaired) electrons. The number of hydrogen-bond donors (Lipinski definition) is 2. The van der Waals surface area contributed by atoms with Gasteiger partial charge in [-0.15, -0.1) is 0 Å². The summed E-state index contributed by atoms with van der Waals surface area (Å²) >= 11 is 0. The topological polar surface area (TPSA) is 93.5 Å². The van der Waals surface area contributed by atoms with Crippen molar-refractivity contribution < 1.29 is 19.4 Å². The van der Waals surface area contributed by atoms with Crippen molar-refractivity contribution in [1.29, 1.82) is 0 Å². The van der Waals surface area contributed by atoms with Gasteiger partial charge in [0.25, 0.3) is 0 Å². The lowest BCUT2D eigenvalue weighted by molar-refractivity contribution is -0.137. The maximum Gasteiger partial charge on any atom is 0.407 e. The van der Waals surface area contributed by atoms with Gasteiger partial charge in [-0.1, -0.05) is 51.1 Å². The molecule has 2 N–H and O–H groups in total. The highest BCUT2D eigenvalue weighted by Crippen LogP contribution is 2.30. The zero-order valence-electron chi connectivity index (χ0n) is 15.5. The van der Waals surface area contributed by atoms with Crippen LogP contribution in [-0.4, -0.2) is 26.9 Å². The molecule has 0 aliphatic heterocycles. The Labute approximate surface area is 153 Å². The number of aryl methyl sites for hydroxylation is 1. The van der Waals surface area contributed by atoms with Gasteiger partial charge >= 0.3 is 12.1 Å². The summed E-state index contributed by atoms with van der Waals surface area (Å²) in [6.07, 6.45) is 0.824. The maximum absolute atomic E-state index is 12.2. The first kappa shape index (κ1) is 19.5. The van der Waals surface area contributed by atoms with E-state index in [0.29, 0.717) is 5.56 Å². The molecule has 0 spiro atoms. The van der Waals surface area contributed by atoms with E-state index in [4.69, 9.17) is 4.74 Å². The van der Waals surface area contributed by atoms with Crippen LogP contribution in [0.5, 0.6) is 0 Å². The minimum absolute atomic E-state index is 0.117. The molecule has 0 fully saturated rings. The molecule has 0 aliphatic carbocycles. The molecule has 1 atom stereocenters. The van der Waals surface area contributed by atoms with E-state index >= 15 is 0 Å². The van der Waals surface area contributed by atoms with E-state index in [2.05, 4.69) is 10.4 Å². The largest absolute Gasteiger partial charge is 0.481 e. The predicted octanol–water partition coefficient (Wildman–Crippen LogP) is 3.16. The minimum atomic E-state index is -1.01. The number of rotatable bonds is 6. The summed E-state index contributed by atoms with van der Waals surface area (Å²) < 4.78 is 6.85. The molecule has 140 valence electrons. The predicted molar refractivity (Wildman–Crippen MR) is 96.7 cm³/mol. The van der Waals surface area contributed by atoms with Gasteiger partial charge in [0.1, 0.15) is 6.61 Å². The Morgan fingerprint density at radius 2 is 1.92 bits per heavy atom. The van der Waals surface area contributed by atoms with Gasteiger partial charge in [-0.05, 0) is 5.56 Å². The highest BCUT2D eigenvalue weighted by molar-refractivity contribution is 5.72. The molecule has 2 rings (SSSR count). The third-order valence-electron chi connectivity index (χ3n) is 3.83. The van der Waals surface area contributed by atoms with Crippen molar-refractivity contribution in [3.63, 3.8) is 0 Å². The van der Waals surface area contributed by atoms with Crippen LogP contribution < -0.4 is 5.32 Å². The maximum atomic E-state index is 12.2. The number of aromatic nitrogens is 2. The Morgan fingerprint density at radius 1 is 1.27 bits per heavy atom. The lowest BCUT2D eigenvalue weighted by Gasteiger charge is -2.22. The van der Waals surface area contributed by atoms with Gasteiger partial charge < -0.3 is 15.2 Å². The van der Waals surface area contributed by atoms with Crippen LogP contribution in [-0.2, 0) is 28.6 Å². The first-order chi connectivity index (χ1) is 12.2. The fourth-order valence-electron chi connectivity index (χ4n) is 2.67. The van der Waals surface area contributed by atoms with Gasteiger partial charge in [0.2, 0.25) is 0 Å². The van der Waals surface area contributed by atoms with E-state index in [1.165, 1.54) is 0 Å². The van der Waals surface area contributed by atoms with Crippen LogP contribution >= 0.6 is 0 Å². The Morgan fingerprint density at radius 3 is 2.50 bits per heavy atom. The number of aliphatic carboxylic acids is 1. The number of carboxylic acid groups (broad SMARTS) is 1. The average molecular weight is 359 g/mol. The third-order valence-corrected chi connectivity index (χ3v) is 3.83. The SMILES string of the molecule is Cn1cc([C@H](CC(=O)O)NC(=O)OCc2ccccc2)c(C(C)(C)C)n1. The van der Waals surface area contributed by atoms with E-state index in [0.717, 1.165) is 11.3 Å². The number of carboxylic acids is 1. The molecule has 7 nitrogen and oxygen atoms in total. The van der Waals surface area contributed by atoms with Crippen molar-refractivity contribution in [1.82, 2.24) is 15.1 Å². The normalized spacial score (nSPS) is 12.5. The summed E-state index contributed by atoms with van der Waals surface area (Å²) in [5.74, 6) is -1.01. The molecule has 1 aromatic carbocycles. The molecule has 0 saturated carbocycles. The molecule has 0 unspecified atom stereocenters. The number of alkyl carbamates (subject to hydrolysis) is 1. The van der Waals surface area contributed by atoms with Crippen LogP contribution in [0.25, 0.3) is 0 Å². The Kier molecular flexibility index (Phi) is 6.02. The lowest BCUT2D eigenvalue weighted by Crippen LogP contribution is -2.32. The average Bonchev–Trinajstić information content (AvgIpc) is 2.95. The monoisotopic (exact) mass is 359 g/mol. The van der Waals surface area contributed by atoms with Gasteiger partial charge in [-0.25, -0.2) is 4.79 Å².